The maximum absolute atomic E-state index is 12.6. The molecule has 1 aromatic carbocycles. The molecule has 4 rings (SSSR count). The van der Waals surface area contributed by atoms with Crippen LogP contribution in [0.1, 0.15) is 48.5 Å². The Kier molecular flexibility index (Phi) is 6.34. The van der Waals surface area contributed by atoms with Crippen molar-refractivity contribution in [1.82, 2.24) is 15.1 Å². The lowest BCUT2D eigenvalue weighted by atomic mass is 9.78. The summed E-state index contributed by atoms with van der Waals surface area (Å²) in [4.78, 5) is 26.2. The Bertz CT molecular complexity index is 1120. The Hall–Kier alpha value is -2.38. The van der Waals surface area contributed by atoms with E-state index in [0.29, 0.717) is 21.7 Å². The number of nitrogens with zero attached hydrogens (tertiary/aromatic N) is 2. The predicted octanol–water partition coefficient (Wildman–Crippen LogP) is 5.15. The number of aromatic nitrogens is 2. The Morgan fingerprint density at radius 1 is 1.29 bits per heavy atom. The third kappa shape index (κ3) is 4.62. The van der Waals surface area contributed by atoms with Gasteiger partial charge in [0.1, 0.15) is 9.71 Å². The van der Waals surface area contributed by atoms with E-state index in [2.05, 4.69) is 24.3 Å². The van der Waals surface area contributed by atoms with Crippen LogP contribution in [0.25, 0.3) is 15.9 Å². The number of aryl methyl sites for hydroxylation is 1. The van der Waals surface area contributed by atoms with Crippen molar-refractivity contribution >= 4 is 45.0 Å². The van der Waals surface area contributed by atoms with Gasteiger partial charge in [-0.05, 0) is 49.4 Å². The second-order valence-corrected chi connectivity index (χ2v) is 9.79. The van der Waals surface area contributed by atoms with Crippen LogP contribution in [0, 0.1) is 18.8 Å². The first-order valence-electron chi connectivity index (χ1n) is 10.5. The normalized spacial score (nSPS) is 21.2. The number of carbonyl (C=O) groups is 2. The third-order valence-corrected chi connectivity index (χ3v) is 7.51. The number of thiophene rings is 1. The topological polar surface area (TPSA) is 73.2 Å². The van der Waals surface area contributed by atoms with E-state index >= 15 is 0 Å². The molecular weight excluding hydrogens is 434 g/mol. The van der Waals surface area contributed by atoms with Crippen molar-refractivity contribution in [3.8, 4) is 5.69 Å². The highest BCUT2D eigenvalue weighted by Crippen LogP contribution is 2.32. The summed E-state index contributed by atoms with van der Waals surface area (Å²) >= 11 is 7.41. The molecule has 3 aromatic rings. The number of esters is 1. The number of benzene rings is 1. The summed E-state index contributed by atoms with van der Waals surface area (Å²) in [6.07, 6.45) is 3.28. The van der Waals surface area contributed by atoms with Gasteiger partial charge in [0.25, 0.3) is 5.91 Å². The highest BCUT2D eigenvalue weighted by Gasteiger charge is 2.28. The Morgan fingerprint density at radius 3 is 2.87 bits per heavy atom. The van der Waals surface area contributed by atoms with E-state index in [-0.39, 0.29) is 18.6 Å². The number of halogens is 1. The lowest BCUT2D eigenvalue weighted by molar-refractivity contribution is -0.125. The summed E-state index contributed by atoms with van der Waals surface area (Å²) in [7, 11) is 0. The van der Waals surface area contributed by atoms with Gasteiger partial charge in [-0.15, -0.1) is 11.3 Å². The van der Waals surface area contributed by atoms with Crippen molar-refractivity contribution in [2.45, 2.75) is 46.1 Å². The van der Waals surface area contributed by atoms with Gasteiger partial charge >= 0.3 is 5.97 Å². The molecule has 2 heterocycles. The quantitative estimate of drug-likeness (QED) is 0.535. The SMILES string of the molecule is Cc1nn(-c2cccc(Cl)c2)c2sc(C(=O)OCC(=O)NC3CCCC(C)C3C)cc12. The highest BCUT2D eigenvalue weighted by atomic mass is 35.5. The van der Waals surface area contributed by atoms with Crippen LogP contribution < -0.4 is 5.32 Å². The molecule has 0 spiro atoms. The molecule has 1 aliphatic carbocycles. The summed E-state index contributed by atoms with van der Waals surface area (Å²) in [5.41, 5.74) is 1.63. The van der Waals surface area contributed by atoms with Crippen molar-refractivity contribution in [3.63, 3.8) is 0 Å². The van der Waals surface area contributed by atoms with Crippen LogP contribution in [0.15, 0.2) is 30.3 Å². The second kappa shape index (κ2) is 9.01. The lowest BCUT2D eigenvalue weighted by Crippen LogP contribution is -2.45. The van der Waals surface area contributed by atoms with Crippen LogP contribution in [-0.2, 0) is 9.53 Å². The molecule has 3 unspecified atom stereocenters. The van der Waals surface area contributed by atoms with Crippen molar-refractivity contribution < 1.29 is 14.3 Å². The number of hydrogen-bond acceptors (Lipinski definition) is 5. The van der Waals surface area contributed by atoms with Gasteiger partial charge in [0.05, 0.1) is 11.4 Å². The zero-order valence-electron chi connectivity index (χ0n) is 17.9. The van der Waals surface area contributed by atoms with E-state index < -0.39 is 5.97 Å². The molecule has 164 valence electrons. The number of carbonyl (C=O) groups excluding carboxylic acids is 2. The van der Waals surface area contributed by atoms with E-state index in [1.54, 1.807) is 16.8 Å². The molecule has 6 nitrogen and oxygen atoms in total. The molecule has 31 heavy (non-hydrogen) atoms. The fourth-order valence-corrected chi connectivity index (χ4v) is 5.43. The first-order valence-corrected chi connectivity index (χ1v) is 11.7. The minimum Gasteiger partial charge on any atom is -0.451 e. The van der Waals surface area contributed by atoms with Gasteiger partial charge in [0, 0.05) is 16.5 Å². The number of hydrogen-bond donors (Lipinski definition) is 1. The van der Waals surface area contributed by atoms with Gasteiger partial charge in [-0.1, -0.05) is 44.4 Å². The third-order valence-electron chi connectivity index (χ3n) is 6.19. The fraction of sp³-hybridized carbons (Fsp3) is 0.435. The molecule has 0 bridgehead atoms. The molecule has 8 heteroatoms. The summed E-state index contributed by atoms with van der Waals surface area (Å²) < 4.78 is 7.08. The molecule has 1 fully saturated rings. The van der Waals surface area contributed by atoms with E-state index in [4.69, 9.17) is 16.3 Å². The standard InChI is InChI=1S/C23H26ClN3O3S/c1-13-6-4-9-19(14(13)2)25-21(28)12-30-23(29)20-11-18-15(3)26-27(22(18)31-20)17-8-5-7-16(24)10-17/h5,7-8,10-11,13-14,19H,4,6,9,12H2,1-3H3,(H,25,28). The average molecular weight is 460 g/mol. The van der Waals surface area contributed by atoms with Gasteiger partial charge in [-0.2, -0.15) is 5.10 Å². The van der Waals surface area contributed by atoms with Crippen molar-refractivity contribution in [1.29, 1.82) is 0 Å². The van der Waals surface area contributed by atoms with Crippen molar-refractivity contribution in [3.05, 3.63) is 45.9 Å². The molecule has 0 aliphatic heterocycles. The zero-order valence-corrected chi connectivity index (χ0v) is 19.4. The van der Waals surface area contributed by atoms with Crippen LogP contribution in [0.3, 0.4) is 0 Å². The molecule has 3 atom stereocenters. The van der Waals surface area contributed by atoms with E-state index in [1.807, 2.05) is 25.1 Å². The number of ether oxygens (including phenoxy) is 1. The molecule has 0 saturated heterocycles. The first-order chi connectivity index (χ1) is 14.8. The summed E-state index contributed by atoms with van der Waals surface area (Å²) in [5.74, 6) is 0.260. The van der Waals surface area contributed by atoms with E-state index in [1.165, 1.54) is 17.8 Å². The number of rotatable bonds is 5. The Balaban J connectivity index is 1.44. The summed E-state index contributed by atoms with van der Waals surface area (Å²) in [5, 5.41) is 9.09. The van der Waals surface area contributed by atoms with Gasteiger partial charge in [-0.3, -0.25) is 4.79 Å². The van der Waals surface area contributed by atoms with Crippen molar-refractivity contribution in [2.75, 3.05) is 6.61 Å². The first kappa shape index (κ1) is 21.8. The minimum atomic E-state index is -0.501. The fourth-order valence-electron chi connectivity index (χ4n) is 4.17. The predicted molar refractivity (Wildman–Crippen MR) is 123 cm³/mol. The van der Waals surface area contributed by atoms with Crippen LogP contribution in [0.4, 0.5) is 0 Å². The Morgan fingerprint density at radius 2 is 2.10 bits per heavy atom. The largest absolute Gasteiger partial charge is 0.451 e. The molecule has 1 saturated carbocycles. The highest BCUT2D eigenvalue weighted by molar-refractivity contribution is 7.20. The molecule has 1 aliphatic rings. The molecule has 0 radical (unpaired) electrons. The van der Waals surface area contributed by atoms with E-state index in [0.717, 1.165) is 34.4 Å². The van der Waals surface area contributed by atoms with Gasteiger partial charge < -0.3 is 10.1 Å². The van der Waals surface area contributed by atoms with Gasteiger partial charge in [0.15, 0.2) is 6.61 Å². The van der Waals surface area contributed by atoms with Crippen LogP contribution in [0.2, 0.25) is 5.02 Å². The van der Waals surface area contributed by atoms with Gasteiger partial charge in [0.2, 0.25) is 0 Å². The number of amides is 1. The minimum absolute atomic E-state index is 0.144. The molecule has 1 N–H and O–H groups in total. The lowest BCUT2D eigenvalue weighted by Gasteiger charge is -2.34. The van der Waals surface area contributed by atoms with Crippen molar-refractivity contribution in [2.24, 2.45) is 11.8 Å². The smallest absolute Gasteiger partial charge is 0.348 e. The zero-order chi connectivity index (χ0) is 22.1. The summed E-state index contributed by atoms with van der Waals surface area (Å²) in [6.45, 7) is 6.01. The maximum atomic E-state index is 12.6. The number of fused-ring (bicyclic) bond motifs is 1. The molecule has 2 aromatic heterocycles. The molecular formula is C23H26ClN3O3S. The van der Waals surface area contributed by atoms with Gasteiger partial charge in [-0.25, -0.2) is 9.48 Å². The van der Waals surface area contributed by atoms with Crippen LogP contribution in [0.5, 0.6) is 0 Å². The monoisotopic (exact) mass is 459 g/mol. The second-order valence-electron chi connectivity index (χ2n) is 8.32. The van der Waals surface area contributed by atoms with Crippen LogP contribution in [-0.4, -0.2) is 34.3 Å². The number of nitrogens with one attached hydrogen (secondary N) is 1. The van der Waals surface area contributed by atoms with Crippen LogP contribution >= 0.6 is 22.9 Å². The summed E-state index contributed by atoms with van der Waals surface area (Å²) in [6, 6.07) is 9.31. The Labute approximate surface area is 190 Å². The average Bonchev–Trinajstić information content (AvgIpc) is 3.30. The maximum Gasteiger partial charge on any atom is 0.348 e. The molecule has 1 amide bonds. The van der Waals surface area contributed by atoms with E-state index in [9.17, 15) is 9.59 Å².